The fraction of sp³-hybridized carbons (Fsp3) is 0.929. The van der Waals surface area contributed by atoms with Gasteiger partial charge in [0.05, 0.1) is 0 Å². The molecule has 8 bridgehead atoms. The Hall–Kier alpha value is -0.330. The van der Waals surface area contributed by atoms with Crippen molar-refractivity contribution in [3.63, 3.8) is 0 Å². The molecule has 4 unspecified atom stereocenters. The average molecular weight is 202 g/mol. The molecule has 1 heteroatoms. The number of Topliss-reactive ketones (excluding diaryl/α,β-unsaturated/α-hetero) is 1. The minimum absolute atomic E-state index is 0.517. The third-order valence-corrected chi connectivity index (χ3v) is 6.78. The highest BCUT2D eigenvalue weighted by molar-refractivity contribution is 5.86. The molecule has 7 fully saturated rings. The fourth-order valence-electron chi connectivity index (χ4n) is 6.62. The molecular formula is C14H18O. The summed E-state index contributed by atoms with van der Waals surface area (Å²) in [5.74, 6) is 7.55. The van der Waals surface area contributed by atoms with E-state index in [1.54, 1.807) is 0 Å². The Morgan fingerprint density at radius 1 is 0.733 bits per heavy atom. The Morgan fingerprint density at radius 2 is 1.27 bits per heavy atom. The van der Waals surface area contributed by atoms with E-state index >= 15 is 0 Å². The first-order chi connectivity index (χ1) is 7.33. The topological polar surface area (TPSA) is 17.1 Å². The normalized spacial score (nSPS) is 68.1. The number of hydrogen-bond acceptors (Lipinski definition) is 1. The van der Waals surface area contributed by atoms with Gasteiger partial charge in [0.25, 0.3) is 0 Å². The number of ketones is 1. The second-order valence-corrected chi connectivity index (χ2v) is 6.99. The Kier molecular flexibility index (Phi) is 1.15. The molecule has 0 aromatic heterocycles. The summed E-state index contributed by atoms with van der Waals surface area (Å²) in [4.78, 5) is 12.3. The molecule has 0 heterocycles. The molecule has 80 valence electrons. The van der Waals surface area contributed by atoms with Gasteiger partial charge in [0.1, 0.15) is 5.78 Å². The highest BCUT2D eigenvalue weighted by Gasteiger charge is 2.66. The van der Waals surface area contributed by atoms with Crippen LogP contribution in [0.3, 0.4) is 0 Å². The van der Waals surface area contributed by atoms with Gasteiger partial charge >= 0.3 is 0 Å². The molecule has 0 amide bonds. The fourth-order valence-corrected chi connectivity index (χ4v) is 6.62. The van der Waals surface area contributed by atoms with E-state index in [4.69, 9.17) is 0 Å². The van der Waals surface area contributed by atoms with E-state index in [2.05, 4.69) is 0 Å². The van der Waals surface area contributed by atoms with Crippen LogP contribution in [0.1, 0.15) is 32.1 Å². The lowest BCUT2D eigenvalue weighted by atomic mass is 9.35. The summed E-state index contributed by atoms with van der Waals surface area (Å²) >= 11 is 0. The van der Waals surface area contributed by atoms with Crippen LogP contribution < -0.4 is 0 Å². The SMILES string of the molecule is O=C1C2CC3C4CC5CC3C1C(C5)C4C2. The minimum atomic E-state index is 0.517. The average Bonchev–Trinajstić information content (AvgIpc) is 2.26. The summed E-state index contributed by atoms with van der Waals surface area (Å²) in [6, 6.07) is 0. The van der Waals surface area contributed by atoms with Crippen molar-refractivity contribution < 1.29 is 4.79 Å². The molecule has 0 N–H and O–H groups in total. The van der Waals surface area contributed by atoms with Crippen LogP contribution in [0.4, 0.5) is 0 Å². The van der Waals surface area contributed by atoms with Crippen molar-refractivity contribution in [3.8, 4) is 0 Å². The van der Waals surface area contributed by atoms with Gasteiger partial charge < -0.3 is 0 Å². The summed E-state index contributed by atoms with van der Waals surface area (Å²) in [5.41, 5.74) is 0. The van der Waals surface area contributed by atoms with Crippen molar-refractivity contribution in [1.29, 1.82) is 0 Å². The molecule has 0 aliphatic heterocycles. The zero-order valence-electron chi connectivity index (χ0n) is 9.06. The first-order valence-corrected chi connectivity index (χ1v) is 6.86. The van der Waals surface area contributed by atoms with E-state index in [1.807, 2.05) is 0 Å². The van der Waals surface area contributed by atoms with E-state index in [1.165, 1.54) is 32.1 Å². The predicted molar refractivity (Wildman–Crippen MR) is 56.0 cm³/mol. The molecule has 1 nitrogen and oxygen atoms in total. The van der Waals surface area contributed by atoms with Gasteiger partial charge in [-0.3, -0.25) is 4.79 Å². The lowest BCUT2D eigenvalue weighted by molar-refractivity contribution is -0.201. The lowest BCUT2D eigenvalue weighted by Gasteiger charge is -2.68. The van der Waals surface area contributed by atoms with Crippen LogP contribution in [0, 0.1) is 47.3 Å². The first kappa shape index (κ1) is 7.86. The van der Waals surface area contributed by atoms with Crippen LogP contribution in [0.15, 0.2) is 0 Å². The summed E-state index contributed by atoms with van der Waals surface area (Å²) in [7, 11) is 0. The molecule has 0 radical (unpaired) electrons. The van der Waals surface area contributed by atoms with Crippen molar-refractivity contribution in [3.05, 3.63) is 0 Å². The molecule has 7 aliphatic carbocycles. The molecule has 4 atom stereocenters. The monoisotopic (exact) mass is 202 g/mol. The van der Waals surface area contributed by atoms with Gasteiger partial charge in [-0.15, -0.1) is 0 Å². The van der Waals surface area contributed by atoms with Gasteiger partial charge in [-0.25, -0.2) is 0 Å². The highest BCUT2D eigenvalue weighted by Crippen LogP contribution is 2.70. The number of hydrogen-bond donors (Lipinski definition) is 0. The third kappa shape index (κ3) is 0.697. The molecule has 7 saturated carbocycles. The van der Waals surface area contributed by atoms with E-state index in [-0.39, 0.29) is 0 Å². The maximum absolute atomic E-state index is 12.3. The largest absolute Gasteiger partial charge is 0.299 e. The van der Waals surface area contributed by atoms with E-state index in [9.17, 15) is 4.79 Å². The van der Waals surface area contributed by atoms with Crippen molar-refractivity contribution in [1.82, 2.24) is 0 Å². The van der Waals surface area contributed by atoms with Crippen molar-refractivity contribution in [2.24, 2.45) is 47.3 Å². The van der Waals surface area contributed by atoms with Crippen LogP contribution in [-0.2, 0) is 4.79 Å². The van der Waals surface area contributed by atoms with Crippen molar-refractivity contribution in [2.45, 2.75) is 32.1 Å². The predicted octanol–water partition coefficient (Wildman–Crippen LogP) is 2.50. The molecular weight excluding hydrogens is 184 g/mol. The zero-order chi connectivity index (χ0) is 9.73. The van der Waals surface area contributed by atoms with Gasteiger partial charge in [0.2, 0.25) is 0 Å². The van der Waals surface area contributed by atoms with Crippen molar-refractivity contribution >= 4 is 5.78 Å². The third-order valence-electron chi connectivity index (χ3n) is 6.78. The van der Waals surface area contributed by atoms with E-state index in [0.717, 1.165) is 35.5 Å². The van der Waals surface area contributed by atoms with Gasteiger partial charge in [0.15, 0.2) is 0 Å². The summed E-state index contributed by atoms with van der Waals surface area (Å²) in [6.45, 7) is 0. The highest BCUT2D eigenvalue weighted by atomic mass is 16.1. The Balaban J connectivity index is 1.72. The number of carbonyl (C=O) groups excluding carboxylic acids is 1. The minimum Gasteiger partial charge on any atom is -0.299 e. The second kappa shape index (κ2) is 2.19. The summed E-state index contributed by atoms with van der Waals surface area (Å²) in [5, 5.41) is 0. The second-order valence-electron chi connectivity index (χ2n) is 6.99. The van der Waals surface area contributed by atoms with Crippen LogP contribution >= 0.6 is 0 Å². The van der Waals surface area contributed by atoms with Crippen LogP contribution in [0.2, 0.25) is 0 Å². The number of rotatable bonds is 0. The standard InChI is InChI=1S/C14H18O/c15-14-7-4-9-8-1-6-2-11(9)13(14)12(3-6)10(8)5-7/h6-13H,1-5H2. The van der Waals surface area contributed by atoms with E-state index < -0.39 is 0 Å². The maximum Gasteiger partial charge on any atom is 0.139 e. The Morgan fingerprint density at radius 3 is 1.93 bits per heavy atom. The molecule has 7 aliphatic rings. The Labute approximate surface area is 90.6 Å². The first-order valence-electron chi connectivity index (χ1n) is 6.86. The smallest absolute Gasteiger partial charge is 0.139 e. The number of carbonyl (C=O) groups is 1. The van der Waals surface area contributed by atoms with E-state index in [0.29, 0.717) is 17.6 Å². The molecule has 7 rings (SSSR count). The zero-order valence-corrected chi connectivity index (χ0v) is 9.06. The van der Waals surface area contributed by atoms with Crippen LogP contribution in [0.25, 0.3) is 0 Å². The van der Waals surface area contributed by atoms with Gasteiger partial charge in [-0.1, -0.05) is 0 Å². The summed E-state index contributed by atoms with van der Waals surface area (Å²) < 4.78 is 0. The van der Waals surface area contributed by atoms with Gasteiger partial charge in [-0.05, 0) is 67.6 Å². The lowest BCUT2D eigenvalue weighted by Crippen LogP contribution is -2.65. The molecule has 0 spiro atoms. The van der Waals surface area contributed by atoms with Gasteiger partial charge in [-0.2, -0.15) is 0 Å². The maximum atomic E-state index is 12.3. The van der Waals surface area contributed by atoms with Gasteiger partial charge in [0, 0.05) is 11.8 Å². The van der Waals surface area contributed by atoms with Crippen LogP contribution in [-0.4, -0.2) is 5.78 Å². The molecule has 0 saturated heterocycles. The molecule has 0 aromatic carbocycles. The van der Waals surface area contributed by atoms with Crippen LogP contribution in [0.5, 0.6) is 0 Å². The Bertz CT molecular complexity index is 336. The summed E-state index contributed by atoms with van der Waals surface area (Å²) in [6.07, 6.45) is 6.97. The van der Waals surface area contributed by atoms with Crippen molar-refractivity contribution in [2.75, 3.05) is 0 Å². The molecule has 15 heavy (non-hydrogen) atoms. The molecule has 0 aromatic rings. The quantitative estimate of drug-likeness (QED) is 0.590.